The van der Waals surface area contributed by atoms with E-state index in [1.165, 1.54) is 11.1 Å². The molecule has 18 heavy (non-hydrogen) atoms. The molecule has 1 aromatic carbocycles. The van der Waals surface area contributed by atoms with Crippen LogP contribution in [0.3, 0.4) is 0 Å². The summed E-state index contributed by atoms with van der Waals surface area (Å²) in [5.74, 6) is 0.638. The molecular formula is C16H24OSi. The molecule has 1 aromatic rings. The lowest BCUT2D eigenvalue weighted by Crippen LogP contribution is -2.51. The second-order valence-corrected chi connectivity index (χ2v) is 10.9. The molecule has 2 heteroatoms. The van der Waals surface area contributed by atoms with E-state index in [2.05, 4.69) is 63.5 Å². The van der Waals surface area contributed by atoms with Crippen molar-refractivity contribution in [2.75, 3.05) is 0 Å². The first kappa shape index (κ1) is 13.6. The topological polar surface area (TPSA) is 9.23 Å². The summed E-state index contributed by atoms with van der Waals surface area (Å²) < 4.78 is 6.41. The summed E-state index contributed by atoms with van der Waals surface area (Å²) in [5, 5.41) is 0. The van der Waals surface area contributed by atoms with Gasteiger partial charge in [-0.3, -0.25) is 0 Å². The van der Waals surface area contributed by atoms with Gasteiger partial charge in [-0.2, -0.15) is 0 Å². The average Bonchev–Trinajstić information content (AvgIpc) is 2.22. The number of hydrogen-bond acceptors (Lipinski definition) is 1. The second kappa shape index (κ2) is 4.67. The van der Waals surface area contributed by atoms with Crippen LogP contribution in [-0.4, -0.2) is 13.9 Å². The summed E-state index contributed by atoms with van der Waals surface area (Å²) in [7, 11) is -1.52. The smallest absolute Gasteiger partial charge is 0.184 e. The minimum atomic E-state index is -1.52. The van der Waals surface area contributed by atoms with Crippen LogP contribution in [0.2, 0.25) is 19.6 Å². The molecule has 0 saturated heterocycles. The van der Waals surface area contributed by atoms with Crippen LogP contribution in [0.1, 0.15) is 31.2 Å². The Morgan fingerprint density at radius 1 is 1.22 bits per heavy atom. The first-order valence-corrected chi connectivity index (χ1v) is 10.1. The molecule has 1 nitrogen and oxygen atoms in total. The fourth-order valence-corrected chi connectivity index (χ4v) is 4.32. The van der Waals surface area contributed by atoms with Crippen molar-refractivity contribution in [3.8, 4) is 0 Å². The Labute approximate surface area is 112 Å². The molecule has 1 fully saturated rings. The largest absolute Gasteiger partial charge is 0.408 e. The molecule has 1 saturated carbocycles. The van der Waals surface area contributed by atoms with Gasteiger partial charge in [0.15, 0.2) is 8.32 Å². The standard InChI is InChI=1S/C16H24OSi/c1-13(2)16(17-18(3,4)5)11-15(12-16)14-9-7-6-8-10-14/h6-10,15H,1,11-12H2,2-5H3. The Hall–Kier alpha value is -0.863. The van der Waals surface area contributed by atoms with Gasteiger partial charge in [0.2, 0.25) is 0 Å². The van der Waals surface area contributed by atoms with Gasteiger partial charge in [-0.1, -0.05) is 36.9 Å². The van der Waals surface area contributed by atoms with E-state index in [9.17, 15) is 0 Å². The number of hydrogen-bond donors (Lipinski definition) is 0. The first-order valence-electron chi connectivity index (χ1n) is 6.73. The van der Waals surface area contributed by atoms with Gasteiger partial charge in [-0.15, -0.1) is 0 Å². The fourth-order valence-electron chi connectivity index (χ4n) is 2.80. The maximum absolute atomic E-state index is 6.41. The first-order chi connectivity index (χ1) is 8.32. The zero-order chi connectivity index (χ0) is 13.4. The fraction of sp³-hybridized carbons (Fsp3) is 0.500. The molecule has 1 aliphatic rings. The molecule has 2 rings (SSSR count). The summed E-state index contributed by atoms with van der Waals surface area (Å²) >= 11 is 0. The predicted molar refractivity (Wildman–Crippen MR) is 80.4 cm³/mol. The molecule has 0 heterocycles. The van der Waals surface area contributed by atoms with Crippen LogP contribution >= 0.6 is 0 Å². The van der Waals surface area contributed by atoms with Crippen LogP contribution in [0.4, 0.5) is 0 Å². The van der Waals surface area contributed by atoms with Gasteiger partial charge < -0.3 is 4.43 Å². The Morgan fingerprint density at radius 2 is 1.78 bits per heavy atom. The summed E-state index contributed by atoms with van der Waals surface area (Å²) in [5.41, 5.74) is 2.58. The zero-order valence-electron chi connectivity index (χ0n) is 12.0. The van der Waals surface area contributed by atoms with Crippen LogP contribution in [0, 0.1) is 0 Å². The quantitative estimate of drug-likeness (QED) is 0.562. The lowest BCUT2D eigenvalue weighted by atomic mass is 9.65. The van der Waals surface area contributed by atoms with E-state index in [4.69, 9.17) is 4.43 Å². The van der Waals surface area contributed by atoms with Crippen molar-refractivity contribution in [2.24, 2.45) is 0 Å². The van der Waals surface area contributed by atoms with E-state index in [0.29, 0.717) is 5.92 Å². The predicted octanol–water partition coefficient (Wildman–Crippen LogP) is 4.73. The summed E-state index contributed by atoms with van der Waals surface area (Å²) in [6.45, 7) is 13.0. The van der Waals surface area contributed by atoms with Crippen LogP contribution in [0.15, 0.2) is 42.5 Å². The molecule has 0 unspecified atom stereocenters. The molecular weight excluding hydrogens is 236 g/mol. The Balaban J connectivity index is 2.09. The zero-order valence-corrected chi connectivity index (χ0v) is 13.0. The van der Waals surface area contributed by atoms with Crippen molar-refractivity contribution in [3.05, 3.63) is 48.0 Å². The molecule has 98 valence electrons. The van der Waals surface area contributed by atoms with Crippen molar-refractivity contribution >= 4 is 8.32 Å². The van der Waals surface area contributed by atoms with Crippen molar-refractivity contribution in [1.29, 1.82) is 0 Å². The van der Waals surface area contributed by atoms with E-state index in [1.807, 2.05) is 0 Å². The van der Waals surface area contributed by atoms with Gasteiger partial charge in [-0.05, 0) is 56.5 Å². The number of rotatable bonds is 4. The minimum absolute atomic E-state index is 0.0506. The van der Waals surface area contributed by atoms with Crippen LogP contribution in [0.5, 0.6) is 0 Å². The molecule has 0 aromatic heterocycles. The van der Waals surface area contributed by atoms with Gasteiger partial charge in [0.25, 0.3) is 0 Å². The van der Waals surface area contributed by atoms with E-state index in [0.717, 1.165) is 12.8 Å². The highest BCUT2D eigenvalue weighted by Crippen LogP contribution is 2.51. The summed E-state index contributed by atoms with van der Waals surface area (Å²) in [6.07, 6.45) is 2.19. The average molecular weight is 260 g/mol. The minimum Gasteiger partial charge on any atom is -0.408 e. The van der Waals surface area contributed by atoms with E-state index < -0.39 is 8.32 Å². The van der Waals surface area contributed by atoms with Crippen LogP contribution in [0.25, 0.3) is 0 Å². The van der Waals surface area contributed by atoms with Crippen molar-refractivity contribution in [2.45, 2.75) is 50.9 Å². The third-order valence-electron chi connectivity index (χ3n) is 3.70. The van der Waals surface area contributed by atoms with E-state index >= 15 is 0 Å². The highest BCUT2D eigenvalue weighted by atomic mass is 28.4. The Bertz CT molecular complexity index is 424. The molecule has 0 bridgehead atoms. The third-order valence-corrected chi connectivity index (χ3v) is 4.71. The van der Waals surface area contributed by atoms with Crippen LogP contribution in [-0.2, 0) is 4.43 Å². The van der Waals surface area contributed by atoms with Gasteiger partial charge in [0.1, 0.15) is 0 Å². The molecule has 0 amide bonds. The Kier molecular flexibility index (Phi) is 3.52. The monoisotopic (exact) mass is 260 g/mol. The van der Waals surface area contributed by atoms with Gasteiger partial charge in [0.05, 0.1) is 5.60 Å². The highest BCUT2D eigenvalue weighted by molar-refractivity contribution is 6.69. The van der Waals surface area contributed by atoms with Crippen molar-refractivity contribution < 1.29 is 4.43 Å². The lowest BCUT2D eigenvalue weighted by Gasteiger charge is -2.51. The van der Waals surface area contributed by atoms with Gasteiger partial charge in [-0.25, -0.2) is 0 Å². The molecule has 0 aliphatic heterocycles. The van der Waals surface area contributed by atoms with E-state index in [-0.39, 0.29) is 5.60 Å². The normalized spacial score (nSPS) is 27.7. The molecule has 0 N–H and O–H groups in total. The molecule has 1 aliphatic carbocycles. The Morgan fingerprint density at radius 3 is 2.22 bits per heavy atom. The van der Waals surface area contributed by atoms with Crippen molar-refractivity contribution in [3.63, 3.8) is 0 Å². The molecule has 0 atom stereocenters. The lowest BCUT2D eigenvalue weighted by molar-refractivity contribution is 0.00356. The van der Waals surface area contributed by atoms with Gasteiger partial charge >= 0.3 is 0 Å². The number of benzene rings is 1. The molecule has 0 radical (unpaired) electrons. The summed E-state index contributed by atoms with van der Waals surface area (Å²) in [6, 6.07) is 10.8. The highest BCUT2D eigenvalue weighted by Gasteiger charge is 2.48. The second-order valence-electron chi connectivity index (χ2n) is 6.50. The summed E-state index contributed by atoms with van der Waals surface area (Å²) in [4.78, 5) is 0. The van der Waals surface area contributed by atoms with Crippen molar-refractivity contribution in [1.82, 2.24) is 0 Å². The maximum atomic E-state index is 6.41. The van der Waals surface area contributed by atoms with E-state index in [1.54, 1.807) is 0 Å². The van der Waals surface area contributed by atoms with Crippen LogP contribution < -0.4 is 0 Å². The SMILES string of the molecule is C=C(C)C1(O[Si](C)(C)C)CC(c2ccccc2)C1. The third kappa shape index (κ3) is 2.75. The molecule has 0 spiro atoms. The maximum Gasteiger partial charge on any atom is 0.184 e. The van der Waals surface area contributed by atoms with Gasteiger partial charge in [0, 0.05) is 0 Å².